The van der Waals surface area contributed by atoms with Crippen molar-refractivity contribution in [2.45, 2.75) is 12.8 Å². The van der Waals surface area contributed by atoms with E-state index >= 15 is 0 Å². The Morgan fingerprint density at radius 3 is 1.65 bits per heavy atom. The number of hydrogen-bond acceptors (Lipinski definition) is 1. The third kappa shape index (κ3) is 1.25. The predicted octanol–water partition coefficient (Wildman–Crippen LogP) is 4.22. The Morgan fingerprint density at radius 2 is 1.10 bits per heavy atom. The first-order chi connectivity index (χ1) is 9.90. The lowest BCUT2D eigenvalue weighted by Crippen LogP contribution is -1.93. The van der Waals surface area contributed by atoms with E-state index in [1.807, 2.05) is 0 Å². The number of nitrogens with zero attached hydrogens (tertiary/aromatic N) is 1. The summed E-state index contributed by atoms with van der Waals surface area (Å²) in [6, 6.07) is 19.7. The molecule has 2 aromatic carbocycles. The summed E-state index contributed by atoms with van der Waals surface area (Å²) < 4.78 is 0. The molecule has 0 aliphatic heterocycles. The van der Waals surface area contributed by atoms with Gasteiger partial charge in [-0.3, -0.25) is 4.98 Å². The Bertz CT molecular complexity index is 793. The molecule has 3 aromatic rings. The first kappa shape index (κ1) is 10.4. The van der Waals surface area contributed by atoms with Crippen molar-refractivity contribution in [1.29, 1.82) is 0 Å². The van der Waals surface area contributed by atoms with Crippen LogP contribution >= 0.6 is 0 Å². The maximum atomic E-state index is 4.96. The number of fused-ring (bicyclic) bond motifs is 6. The third-order valence-electron chi connectivity index (χ3n) is 4.51. The maximum Gasteiger partial charge on any atom is 0.0529 e. The molecule has 1 aromatic heterocycles. The molecule has 2 aliphatic carbocycles. The molecule has 0 saturated heterocycles. The topological polar surface area (TPSA) is 12.9 Å². The average Bonchev–Trinajstić information content (AvgIpc) is 3.02. The van der Waals surface area contributed by atoms with Gasteiger partial charge in [0.05, 0.1) is 11.4 Å². The van der Waals surface area contributed by atoms with Crippen molar-refractivity contribution in [3.63, 3.8) is 0 Å². The monoisotopic (exact) mass is 255 g/mol. The van der Waals surface area contributed by atoms with Crippen LogP contribution in [0.25, 0.3) is 22.3 Å². The van der Waals surface area contributed by atoms with Gasteiger partial charge in [-0.1, -0.05) is 48.5 Å². The number of benzene rings is 2. The zero-order chi connectivity index (χ0) is 13.1. The molecule has 2 aliphatic rings. The van der Waals surface area contributed by atoms with E-state index in [2.05, 4.69) is 54.6 Å². The van der Waals surface area contributed by atoms with Crippen molar-refractivity contribution in [3.05, 3.63) is 77.1 Å². The smallest absolute Gasteiger partial charge is 0.0529 e. The summed E-state index contributed by atoms with van der Waals surface area (Å²) >= 11 is 0. The Labute approximate surface area is 117 Å². The Kier molecular flexibility index (Phi) is 1.86. The fraction of sp³-hybridized carbons (Fsp3) is 0.105. The van der Waals surface area contributed by atoms with Gasteiger partial charge in [0.15, 0.2) is 0 Å². The lowest BCUT2D eigenvalue weighted by molar-refractivity contribution is 1.04. The van der Waals surface area contributed by atoms with Crippen LogP contribution < -0.4 is 0 Å². The lowest BCUT2D eigenvalue weighted by Gasteiger charge is -2.05. The second-order valence-corrected chi connectivity index (χ2v) is 5.64. The number of rotatable bonds is 0. The number of aromatic nitrogens is 1. The minimum atomic E-state index is 0.981. The van der Waals surface area contributed by atoms with Gasteiger partial charge in [0.1, 0.15) is 0 Å². The van der Waals surface area contributed by atoms with Crippen molar-refractivity contribution in [3.8, 4) is 22.3 Å². The molecule has 0 unspecified atom stereocenters. The van der Waals surface area contributed by atoms with Crippen LogP contribution in [0.4, 0.5) is 0 Å². The zero-order valence-corrected chi connectivity index (χ0v) is 11.1. The van der Waals surface area contributed by atoms with Crippen molar-refractivity contribution < 1.29 is 0 Å². The predicted molar refractivity (Wildman–Crippen MR) is 80.7 cm³/mol. The molecule has 0 saturated carbocycles. The number of hydrogen-bond donors (Lipinski definition) is 0. The molecule has 1 heterocycles. The van der Waals surface area contributed by atoms with Gasteiger partial charge in [0.2, 0.25) is 0 Å². The highest BCUT2D eigenvalue weighted by Gasteiger charge is 2.25. The highest BCUT2D eigenvalue weighted by Crippen LogP contribution is 2.42. The van der Waals surface area contributed by atoms with E-state index in [4.69, 9.17) is 4.98 Å². The molecule has 0 atom stereocenters. The van der Waals surface area contributed by atoms with Gasteiger partial charge in [0.25, 0.3) is 0 Å². The summed E-state index contributed by atoms with van der Waals surface area (Å²) in [5.41, 5.74) is 10.7. The summed E-state index contributed by atoms with van der Waals surface area (Å²) in [5, 5.41) is 0. The van der Waals surface area contributed by atoms with E-state index in [1.54, 1.807) is 0 Å². The van der Waals surface area contributed by atoms with Crippen LogP contribution in [0, 0.1) is 0 Å². The van der Waals surface area contributed by atoms with Crippen molar-refractivity contribution in [2.75, 3.05) is 0 Å². The molecule has 0 spiro atoms. The highest BCUT2D eigenvalue weighted by atomic mass is 14.7. The Morgan fingerprint density at radius 1 is 0.600 bits per heavy atom. The Balaban J connectivity index is 1.79. The van der Waals surface area contributed by atoms with Crippen LogP contribution in [0.1, 0.15) is 22.5 Å². The van der Waals surface area contributed by atoms with Gasteiger partial charge in [0, 0.05) is 24.0 Å². The van der Waals surface area contributed by atoms with E-state index in [-0.39, 0.29) is 0 Å². The SMILES string of the molecule is c1ccc2c(c1)Cc1nc3c(cc1-2)-c1ccccc1C3. The molecule has 94 valence electrons. The van der Waals surface area contributed by atoms with Gasteiger partial charge in [-0.15, -0.1) is 0 Å². The van der Waals surface area contributed by atoms with E-state index < -0.39 is 0 Å². The molecule has 0 N–H and O–H groups in total. The van der Waals surface area contributed by atoms with Crippen LogP contribution in [0.15, 0.2) is 54.6 Å². The van der Waals surface area contributed by atoms with Gasteiger partial charge >= 0.3 is 0 Å². The maximum absolute atomic E-state index is 4.96. The van der Waals surface area contributed by atoms with E-state index in [1.165, 1.54) is 44.8 Å². The zero-order valence-electron chi connectivity index (χ0n) is 11.1. The highest BCUT2D eigenvalue weighted by molar-refractivity contribution is 5.84. The van der Waals surface area contributed by atoms with E-state index in [0.717, 1.165) is 12.8 Å². The van der Waals surface area contributed by atoms with Crippen LogP contribution in [-0.2, 0) is 12.8 Å². The van der Waals surface area contributed by atoms with Crippen LogP contribution in [0.3, 0.4) is 0 Å². The second-order valence-electron chi connectivity index (χ2n) is 5.64. The number of pyridine rings is 1. The minimum absolute atomic E-state index is 0.981. The second kappa shape index (κ2) is 3.57. The largest absolute Gasteiger partial charge is 0.256 e. The van der Waals surface area contributed by atoms with Crippen molar-refractivity contribution in [2.24, 2.45) is 0 Å². The molecular weight excluding hydrogens is 242 g/mol. The molecule has 0 radical (unpaired) electrons. The normalized spacial score (nSPS) is 13.6. The van der Waals surface area contributed by atoms with Gasteiger partial charge < -0.3 is 0 Å². The molecular formula is C19H13N. The molecule has 1 heteroatoms. The van der Waals surface area contributed by atoms with Gasteiger partial charge in [-0.25, -0.2) is 0 Å². The molecule has 0 amide bonds. The first-order valence-electron chi connectivity index (χ1n) is 7.09. The van der Waals surface area contributed by atoms with Crippen molar-refractivity contribution >= 4 is 0 Å². The van der Waals surface area contributed by atoms with Gasteiger partial charge in [-0.05, 0) is 28.3 Å². The lowest BCUT2D eigenvalue weighted by atomic mass is 10.0. The standard InChI is InChI=1S/C19H13N/c1-3-7-14-12(5-1)9-18-16(14)11-17-15-8-4-2-6-13(15)10-19(17)20-18/h1-8,11H,9-10H2. The molecule has 1 nitrogen and oxygen atoms in total. The molecule has 5 rings (SSSR count). The molecule has 20 heavy (non-hydrogen) atoms. The minimum Gasteiger partial charge on any atom is -0.256 e. The fourth-order valence-corrected chi connectivity index (χ4v) is 3.57. The van der Waals surface area contributed by atoms with Crippen LogP contribution in [-0.4, -0.2) is 4.98 Å². The molecule has 0 bridgehead atoms. The van der Waals surface area contributed by atoms with Crippen LogP contribution in [0.5, 0.6) is 0 Å². The first-order valence-corrected chi connectivity index (χ1v) is 7.09. The average molecular weight is 255 g/mol. The van der Waals surface area contributed by atoms with E-state index in [9.17, 15) is 0 Å². The van der Waals surface area contributed by atoms with Crippen molar-refractivity contribution in [1.82, 2.24) is 4.98 Å². The summed E-state index contributed by atoms with van der Waals surface area (Å²) in [5.74, 6) is 0. The summed E-state index contributed by atoms with van der Waals surface area (Å²) in [6.07, 6.45) is 1.96. The Hall–Kier alpha value is -2.41. The van der Waals surface area contributed by atoms with E-state index in [0.29, 0.717) is 0 Å². The van der Waals surface area contributed by atoms with Gasteiger partial charge in [-0.2, -0.15) is 0 Å². The summed E-state index contributed by atoms with van der Waals surface area (Å²) in [4.78, 5) is 4.96. The van der Waals surface area contributed by atoms with Crippen LogP contribution in [0.2, 0.25) is 0 Å². The quantitative estimate of drug-likeness (QED) is 0.403. The summed E-state index contributed by atoms with van der Waals surface area (Å²) in [6.45, 7) is 0. The third-order valence-corrected chi connectivity index (χ3v) is 4.51. The molecule has 0 fully saturated rings. The fourth-order valence-electron chi connectivity index (χ4n) is 3.57. The summed E-state index contributed by atoms with van der Waals surface area (Å²) in [7, 11) is 0.